The van der Waals surface area contributed by atoms with Crippen LogP contribution in [0.1, 0.15) is 12.5 Å². The van der Waals surface area contributed by atoms with Crippen LogP contribution in [0.2, 0.25) is 5.02 Å². The highest BCUT2D eigenvalue weighted by Crippen LogP contribution is 2.30. The van der Waals surface area contributed by atoms with Crippen LogP contribution in [0.4, 0.5) is 13.2 Å². The van der Waals surface area contributed by atoms with Crippen molar-refractivity contribution in [3.05, 3.63) is 28.5 Å². The summed E-state index contributed by atoms with van der Waals surface area (Å²) in [5.41, 5.74) is -0.0307. The molecule has 3 nitrogen and oxygen atoms in total. The number of rotatable bonds is 5. The van der Waals surface area contributed by atoms with Crippen LogP contribution in [-0.4, -0.2) is 19.2 Å². The predicted molar refractivity (Wildman–Crippen MR) is 58.4 cm³/mol. The Balaban J connectivity index is 3.03. The molecule has 0 unspecified atom stereocenters. The van der Waals surface area contributed by atoms with Crippen molar-refractivity contribution in [1.82, 2.24) is 0 Å². The van der Waals surface area contributed by atoms with Crippen molar-refractivity contribution in [3.63, 3.8) is 0 Å². The van der Waals surface area contributed by atoms with Crippen LogP contribution in [0.15, 0.2) is 12.1 Å². The zero-order valence-electron chi connectivity index (χ0n) is 9.38. The van der Waals surface area contributed by atoms with E-state index in [-0.39, 0.29) is 23.6 Å². The molecule has 1 aromatic rings. The molecule has 0 bridgehead atoms. The van der Waals surface area contributed by atoms with E-state index in [4.69, 9.17) is 11.6 Å². The normalized spacial score (nSPS) is 10.6. The first-order chi connectivity index (χ1) is 8.43. The number of ether oxygens (including phenoxy) is 2. The van der Waals surface area contributed by atoms with Gasteiger partial charge in [-0.05, 0) is 13.0 Å². The summed E-state index contributed by atoms with van der Waals surface area (Å²) in [7, 11) is 0. The van der Waals surface area contributed by atoms with Gasteiger partial charge in [-0.25, -0.2) is 4.39 Å². The van der Waals surface area contributed by atoms with Gasteiger partial charge in [-0.15, -0.1) is 0 Å². The van der Waals surface area contributed by atoms with Gasteiger partial charge in [-0.1, -0.05) is 11.6 Å². The van der Waals surface area contributed by atoms with Crippen LogP contribution < -0.4 is 4.74 Å². The van der Waals surface area contributed by atoms with Crippen molar-refractivity contribution in [2.75, 3.05) is 6.61 Å². The molecule has 1 aromatic carbocycles. The molecule has 0 saturated carbocycles. The Morgan fingerprint density at radius 1 is 1.44 bits per heavy atom. The van der Waals surface area contributed by atoms with Gasteiger partial charge in [0.2, 0.25) is 0 Å². The molecule has 0 radical (unpaired) electrons. The number of hydrogen-bond acceptors (Lipinski definition) is 3. The third-order valence-corrected chi connectivity index (χ3v) is 2.30. The molecule has 0 aliphatic heterocycles. The Bertz CT molecular complexity index is 438. The maximum absolute atomic E-state index is 13.0. The quantitative estimate of drug-likeness (QED) is 0.778. The van der Waals surface area contributed by atoms with Crippen LogP contribution in [0.5, 0.6) is 5.75 Å². The molecule has 18 heavy (non-hydrogen) atoms. The van der Waals surface area contributed by atoms with E-state index >= 15 is 0 Å². The summed E-state index contributed by atoms with van der Waals surface area (Å²) < 4.78 is 46.1. The third-order valence-electron chi connectivity index (χ3n) is 1.96. The first kappa shape index (κ1) is 14.6. The van der Waals surface area contributed by atoms with Crippen LogP contribution >= 0.6 is 11.6 Å². The number of carbonyl (C=O) groups excluding carboxylic acids is 1. The Hall–Kier alpha value is -1.43. The highest BCUT2D eigenvalue weighted by molar-refractivity contribution is 6.31. The van der Waals surface area contributed by atoms with E-state index in [0.29, 0.717) is 0 Å². The molecule has 0 aliphatic rings. The molecule has 0 aliphatic carbocycles. The smallest absolute Gasteiger partial charge is 0.387 e. The molecule has 0 saturated heterocycles. The molecule has 0 atom stereocenters. The lowest BCUT2D eigenvalue weighted by Crippen LogP contribution is -2.11. The lowest BCUT2D eigenvalue weighted by molar-refractivity contribution is -0.142. The molecule has 0 N–H and O–H groups in total. The minimum atomic E-state index is -3.14. The SMILES string of the molecule is CCOC(=O)Cc1c(Cl)cc(F)cc1OC(F)F. The Kier molecular flexibility index (Phi) is 5.27. The Morgan fingerprint density at radius 3 is 2.67 bits per heavy atom. The fourth-order valence-electron chi connectivity index (χ4n) is 1.31. The zero-order valence-corrected chi connectivity index (χ0v) is 10.1. The summed E-state index contributed by atoms with van der Waals surface area (Å²) in [6, 6.07) is 1.65. The predicted octanol–water partition coefficient (Wildman–Crippen LogP) is 3.19. The van der Waals surface area contributed by atoms with Crippen LogP contribution in [0, 0.1) is 5.82 Å². The van der Waals surface area contributed by atoms with Gasteiger partial charge in [-0.3, -0.25) is 4.79 Å². The first-order valence-corrected chi connectivity index (χ1v) is 5.40. The van der Waals surface area contributed by atoms with E-state index in [0.717, 1.165) is 12.1 Å². The average molecular weight is 283 g/mol. The monoisotopic (exact) mass is 282 g/mol. The van der Waals surface area contributed by atoms with E-state index < -0.39 is 24.1 Å². The van der Waals surface area contributed by atoms with Crippen molar-refractivity contribution >= 4 is 17.6 Å². The summed E-state index contributed by atoms with van der Waals surface area (Å²) in [4.78, 5) is 11.3. The minimum absolute atomic E-state index is 0.0307. The van der Waals surface area contributed by atoms with Crippen molar-refractivity contribution in [2.24, 2.45) is 0 Å². The van der Waals surface area contributed by atoms with Gasteiger partial charge in [0.1, 0.15) is 11.6 Å². The molecule has 0 aromatic heterocycles. The van der Waals surface area contributed by atoms with E-state index in [1.165, 1.54) is 0 Å². The van der Waals surface area contributed by atoms with E-state index in [1.54, 1.807) is 6.92 Å². The largest absolute Gasteiger partial charge is 0.466 e. The van der Waals surface area contributed by atoms with Gasteiger partial charge < -0.3 is 9.47 Å². The van der Waals surface area contributed by atoms with Gasteiger partial charge in [-0.2, -0.15) is 8.78 Å². The maximum atomic E-state index is 13.0. The topological polar surface area (TPSA) is 35.5 Å². The van der Waals surface area contributed by atoms with E-state index in [9.17, 15) is 18.0 Å². The lowest BCUT2D eigenvalue weighted by atomic mass is 10.1. The van der Waals surface area contributed by atoms with Crippen LogP contribution in [0.25, 0.3) is 0 Å². The fourth-order valence-corrected chi connectivity index (χ4v) is 1.57. The second kappa shape index (κ2) is 6.49. The van der Waals surface area contributed by atoms with Crippen molar-refractivity contribution in [1.29, 1.82) is 0 Å². The van der Waals surface area contributed by atoms with Gasteiger partial charge >= 0.3 is 12.6 Å². The van der Waals surface area contributed by atoms with Crippen LogP contribution in [0.3, 0.4) is 0 Å². The third kappa shape index (κ3) is 4.10. The van der Waals surface area contributed by atoms with Gasteiger partial charge in [0, 0.05) is 11.6 Å². The van der Waals surface area contributed by atoms with E-state index in [1.807, 2.05) is 0 Å². The number of benzene rings is 1. The second-order valence-corrected chi connectivity index (χ2v) is 3.63. The van der Waals surface area contributed by atoms with Crippen molar-refractivity contribution in [3.8, 4) is 5.75 Å². The summed E-state index contributed by atoms with van der Waals surface area (Å²) in [5.74, 6) is -1.96. The Morgan fingerprint density at radius 2 is 2.11 bits per heavy atom. The molecule has 100 valence electrons. The number of esters is 1. The maximum Gasteiger partial charge on any atom is 0.387 e. The summed E-state index contributed by atoms with van der Waals surface area (Å²) in [6.07, 6.45) is -0.366. The minimum Gasteiger partial charge on any atom is -0.466 e. The van der Waals surface area contributed by atoms with E-state index in [2.05, 4.69) is 9.47 Å². The summed E-state index contributed by atoms with van der Waals surface area (Å²) in [5, 5.41) is -0.168. The molecule has 0 spiro atoms. The molecular weight excluding hydrogens is 273 g/mol. The first-order valence-electron chi connectivity index (χ1n) is 5.02. The molecule has 7 heteroatoms. The molecule has 0 heterocycles. The number of alkyl halides is 2. The number of halogens is 4. The molecule has 0 amide bonds. The summed E-state index contributed by atoms with van der Waals surface area (Å²) >= 11 is 5.69. The number of hydrogen-bond donors (Lipinski definition) is 0. The fraction of sp³-hybridized carbons (Fsp3) is 0.364. The van der Waals surface area contributed by atoms with Gasteiger partial charge in [0.25, 0.3) is 0 Å². The van der Waals surface area contributed by atoms with Crippen LogP contribution in [-0.2, 0) is 16.0 Å². The average Bonchev–Trinajstić information content (AvgIpc) is 2.22. The Labute approximate surface area is 106 Å². The lowest BCUT2D eigenvalue weighted by Gasteiger charge is -2.12. The second-order valence-electron chi connectivity index (χ2n) is 3.22. The zero-order chi connectivity index (χ0) is 13.7. The molecule has 0 fully saturated rings. The van der Waals surface area contributed by atoms with Crippen molar-refractivity contribution in [2.45, 2.75) is 20.0 Å². The van der Waals surface area contributed by atoms with Gasteiger partial charge in [0.15, 0.2) is 0 Å². The van der Waals surface area contributed by atoms with Crippen molar-refractivity contribution < 1.29 is 27.4 Å². The standard InChI is InChI=1S/C11H10ClF3O3/c1-2-17-10(16)5-7-8(12)3-6(13)4-9(7)18-11(14)15/h3-4,11H,2,5H2,1H3. The summed E-state index contributed by atoms with van der Waals surface area (Å²) in [6.45, 7) is -1.40. The van der Waals surface area contributed by atoms with Gasteiger partial charge in [0.05, 0.1) is 18.1 Å². The molecule has 1 rings (SSSR count). The highest BCUT2D eigenvalue weighted by Gasteiger charge is 2.18. The highest BCUT2D eigenvalue weighted by atomic mass is 35.5. The molecular formula is C11H10ClF3O3. The number of carbonyl (C=O) groups is 1.